The van der Waals surface area contributed by atoms with Gasteiger partial charge in [-0.1, -0.05) is 73.9 Å². The predicted octanol–water partition coefficient (Wildman–Crippen LogP) is 5.44. The second kappa shape index (κ2) is 13.3. The molecule has 0 saturated heterocycles. The zero-order valence-electron chi connectivity index (χ0n) is 21.0. The molecule has 1 fully saturated rings. The maximum absolute atomic E-state index is 13.5. The van der Waals surface area contributed by atoms with Gasteiger partial charge in [-0.2, -0.15) is 0 Å². The van der Waals surface area contributed by atoms with Gasteiger partial charge < -0.3 is 14.2 Å². The predicted molar refractivity (Wildman–Crippen MR) is 140 cm³/mol. The first-order valence-corrected chi connectivity index (χ1v) is 12.8. The summed E-state index contributed by atoms with van der Waals surface area (Å²) >= 11 is 0. The van der Waals surface area contributed by atoms with Gasteiger partial charge >= 0.3 is 17.9 Å². The number of ketones is 1. The van der Waals surface area contributed by atoms with Crippen molar-refractivity contribution in [2.24, 2.45) is 5.92 Å². The molecular weight excluding hydrogens is 484 g/mol. The van der Waals surface area contributed by atoms with Crippen molar-refractivity contribution in [3.63, 3.8) is 0 Å². The fraction of sp³-hybridized carbons (Fsp3) is 0.290. The molecule has 0 N–H and O–H groups in total. The zero-order chi connectivity index (χ0) is 26.7. The highest BCUT2D eigenvalue weighted by Gasteiger charge is 2.41. The van der Waals surface area contributed by atoms with Crippen molar-refractivity contribution in [3.05, 3.63) is 108 Å². The van der Waals surface area contributed by atoms with Crippen LogP contribution in [0.5, 0.6) is 0 Å². The molecule has 0 spiro atoms. The van der Waals surface area contributed by atoms with Crippen LogP contribution in [-0.4, -0.2) is 42.5 Å². The third kappa shape index (κ3) is 7.16. The Morgan fingerprint density at radius 1 is 0.605 bits per heavy atom. The highest BCUT2D eigenvalue weighted by molar-refractivity contribution is 5.96. The summed E-state index contributed by atoms with van der Waals surface area (Å²) in [7, 11) is 0. The summed E-state index contributed by atoms with van der Waals surface area (Å²) in [4.78, 5) is 52.1. The maximum atomic E-state index is 13.5. The lowest BCUT2D eigenvalue weighted by Gasteiger charge is -2.34. The van der Waals surface area contributed by atoms with E-state index in [-0.39, 0.29) is 17.0 Å². The summed E-state index contributed by atoms with van der Waals surface area (Å²) in [5.74, 6) is -2.87. The monoisotopic (exact) mass is 514 g/mol. The van der Waals surface area contributed by atoms with Gasteiger partial charge in [0.15, 0.2) is 6.61 Å². The number of rotatable bonds is 10. The molecule has 38 heavy (non-hydrogen) atoms. The smallest absolute Gasteiger partial charge is 0.338 e. The van der Waals surface area contributed by atoms with Crippen molar-refractivity contribution >= 4 is 23.7 Å². The molecule has 1 aliphatic carbocycles. The molecule has 0 aromatic heterocycles. The fourth-order valence-corrected chi connectivity index (χ4v) is 4.58. The first kappa shape index (κ1) is 26.8. The van der Waals surface area contributed by atoms with Crippen LogP contribution in [0.4, 0.5) is 0 Å². The maximum Gasteiger partial charge on any atom is 0.338 e. The van der Waals surface area contributed by atoms with E-state index in [9.17, 15) is 19.2 Å². The van der Waals surface area contributed by atoms with Crippen molar-refractivity contribution in [1.29, 1.82) is 0 Å². The molecule has 0 heterocycles. The van der Waals surface area contributed by atoms with Gasteiger partial charge in [-0.05, 0) is 49.2 Å². The largest absolute Gasteiger partial charge is 0.454 e. The summed E-state index contributed by atoms with van der Waals surface area (Å²) in [6, 6.07) is 25.0. The molecule has 0 unspecified atom stereocenters. The quantitative estimate of drug-likeness (QED) is 0.262. The van der Waals surface area contributed by atoms with Crippen LogP contribution in [0.1, 0.15) is 63.2 Å². The van der Waals surface area contributed by atoms with Crippen LogP contribution >= 0.6 is 0 Å². The SMILES string of the molecule is O=C(OCC(=O)[C@H](OC(=O)c1ccccc1)[C@@H](OC(=O)c1ccccc1)C1CCCCC1)c1ccccc1. The Bertz CT molecular complexity index is 1220. The van der Waals surface area contributed by atoms with Crippen LogP contribution in [0.2, 0.25) is 0 Å². The number of ether oxygens (including phenoxy) is 3. The van der Waals surface area contributed by atoms with Crippen LogP contribution in [0, 0.1) is 5.92 Å². The fourth-order valence-electron chi connectivity index (χ4n) is 4.58. The van der Waals surface area contributed by atoms with Crippen molar-refractivity contribution in [3.8, 4) is 0 Å². The molecular formula is C31H30O7. The number of carbonyl (C=O) groups is 4. The van der Waals surface area contributed by atoms with Gasteiger partial charge in [0.2, 0.25) is 11.9 Å². The first-order chi connectivity index (χ1) is 18.5. The van der Waals surface area contributed by atoms with Gasteiger partial charge in [0, 0.05) is 5.92 Å². The Balaban J connectivity index is 1.59. The third-order valence-electron chi connectivity index (χ3n) is 6.58. The van der Waals surface area contributed by atoms with Gasteiger partial charge in [-0.15, -0.1) is 0 Å². The van der Waals surface area contributed by atoms with Crippen LogP contribution in [-0.2, 0) is 19.0 Å². The van der Waals surface area contributed by atoms with Gasteiger partial charge in [0.1, 0.15) is 6.10 Å². The zero-order valence-corrected chi connectivity index (χ0v) is 21.0. The molecule has 0 radical (unpaired) electrons. The Labute approximate surface area is 221 Å². The van der Waals surface area contributed by atoms with Crippen molar-refractivity contribution in [2.75, 3.05) is 6.61 Å². The minimum absolute atomic E-state index is 0.196. The normalized spacial score (nSPS) is 15.1. The molecule has 7 nitrogen and oxygen atoms in total. The first-order valence-electron chi connectivity index (χ1n) is 12.8. The molecule has 3 aromatic rings. The second-order valence-electron chi connectivity index (χ2n) is 9.23. The molecule has 1 aliphatic rings. The van der Waals surface area contributed by atoms with E-state index in [0.717, 1.165) is 19.3 Å². The van der Waals surface area contributed by atoms with E-state index in [1.165, 1.54) is 0 Å². The Morgan fingerprint density at radius 2 is 1.05 bits per heavy atom. The lowest BCUT2D eigenvalue weighted by Crippen LogP contribution is -2.47. The van der Waals surface area contributed by atoms with Gasteiger partial charge in [0.25, 0.3) is 0 Å². The lowest BCUT2D eigenvalue weighted by molar-refractivity contribution is -0.140. The number of benzene rings is 3. The van der Waals surface area contributed by atoms with Crippen LogP contribution in [0.3, 0.4) is 0 Å². The van der Waals surface area contributed by atoms with E-state index < -0.39 is 42.5 Å². The minimum atomic E-state index is -1.44. The topological polar surface area (TPSA) is 96.0 Å². The van der Waals surface area contributed by atoms with Gasteiger partial charge in [0.05, 0.1) is 16.7 Å². The van der Waals surface area contributed by atoms with Crippen LogP contribution in [0.15, 0.2) is 91.0 Å². The molecule has 3 aromatic carbocycles. The van der Waals surface area contributed by atoms with E-state index in [2.05, 4.69) is 0 Å². The number of hydrogen-bond donors (Lipinski definition) is 0. The molecule has 2 atom stereocenters. The molecule has 196 valence electrons. The van der Waals surface area contributed by atoms with E-state index in [4.69, 9.17) is 14.2 Å². The van der Waals surface area contributed by atoms with E-state index in [0.29, 0.717) is 18.4 Å². The standard InChI is InChI=1S/C31H30O7/c32-26(21-36-29(33)23-15-7-2-8-16-23)28(38-31(35)25-19-11-4-12-20-25)27(22-13-5-1-6-14-22)37-30(34)24-17-9-3-10-18-24/h2-4,7-12,15-20,22,27-28H,1,5-6,13-14,21H2/t27-,28-/m0/s1. The van der Waals surface area contributed by atoms with Gasteiger partial charge in [-0.25, -0.2) is 14.4 Å². The lowest BCUT2D eigenvalue weighted by atomic mass is 9.82. The Hall–Kier alpha value is -4.26. The molecule has 1 saturated carbocycles. The van der Waals surface area contributed by atoms with Gasteiger partial charge in [-0.3, -0.25) is 4.79 Å². The summed E-state index contributed by atoms with van der Waals surface area (Å²) < 4.78 is 16.9. The summed E-state index contributed by atoms with van der Waals surface area (Å²) in [5, 5.41) is 0. The summed E-state index contributed by atoms with van der Waals surface area (Å²) in [6.07, 6.45) is 1.79. The van der Waals surface area contributed by atoms with E-state index in [1.807, 2.05) is 0 Å². The van der Waals surface area contributed by atoms with Crippen LogP contribution < -0.4 is 0 Å². The minimum Gasteiger partial charge on any atom is -0.454 e. The molecule has 0 aliphatic heterocycles. The number of esters is 3. The van der Waals surface area contributed by atoms with Crippen molar-refractivity contribution in [2.45, 2.75) is 44.3 Å². The van der Waals surface area contributed by atoms with E-state index >= 15 is 0 Å². The Kier molecular flexibility index (Phi) is 9.40. The number of carbonyl (C=O) groups excluding carboxylic acids is 4. The number of hydrogen-bond acceptors (Lipinski definition) is 7. The molecule has 7 heteroatoms. The number of Topliss-reactive ketones (excluding diaryl/α,β-unsaturated/α-hetero) is 1. The Morgan fingerprint density at radius 3 is 1.55 bits per heavy atom. The molecule has 0 amide bonds. The highest BCUT2D eigenvalue weighted by atomic mass is 16.6. The average Bonchev–Trinajstić information content (AvgIpc) is 2.99. The highest BCUT2D eigenvalue weighted by Crippen LogP contribution is 2.32. The van der Waals surface area contributed by atoms with Crippen LogP contribution in [0.25, 0.3) is 0 Å². The van der Waals surface area contributed by atoms with E-state index in [1.54, 1.807) is 91.0 Å². The third-order valence-corrected chi connectivity index (χ3v) is 6.58. The molecule has 4 rings (SSSR count). The average molecular weight is 515 g/mol. The molecule has 0 bridgehead atoms. The van der Waals surface area contributed by atoms with Crippen molar-refractivity contribution in [1.82, 2.24) is 0 Å². The summed E-state index contributed by atoms with van der Waals surface area (Å²) in [5.41, 5.74) is 0.866. The van der Waals surface area contributed by atoms with Crippen molar-refractivity contribution < 1.29 is 33.4 Å². The second-order valence-corrected chi connectivity index (χ2v) is 9.23. The summed E-state index contributed by atoms with van der Waals surface area (Å²) in [6.45, 7) is -0.632.